The van der Waals surface area contributed by atoms with E-state index < -0.39 is 12.1 Å². The lowest BCUT2D eigenvalue weighted by molar-refractivity contribution is -0.142. The van der Waals surface area contributed by atoms with E-state index in [0.29, 0.717) is 43.4 Å². The molecule has 2 aliphatic carbocycles. The van der Waals surface area contributed by atoms with Crippen molar-refractivity contribution in [1.82, 2.24) is 10.6 Å². The lowest BCUT2D eigenvalue weighted by atomic mass is 9.57. The maximum atomic E-state index is 13.2. The molecule has 5 N–H and O–H groups in total. The van der Waals surface area contributed by atoms with Crippen LogP contribution in [0.1, 0.15) is 94.8 Å². The molecule has 2 aliphatic rings. The second-order valence-corrected chi connectivity index (χ2v) is 12.3. The number of nitrogens with two attached hydrogens (primary N) is 1. The molecule has 0 aliphatic heterocycles. The monoisotopic (exact) mass is 559 g/mol. The minimum Gasteiger partial charge on any atom is -0.493 e. The van der Waals surface area contributed by atoms with Crippen LogP contribution in [0.4, 0.5) is 0 Å². The van der Waals surface area contributed by atoms with Gasteiger partial charge in [-0.25, -0.2) is 0 Å². The molecule has 226 valence electrons. The van der Waals surface area contributed by atoms with Gasteiger partial charge in [-0.2, -0.15) is 0 Å². The first-order chi connectivity index (χ1) is 19.3. The zero-order chi connectivity index (χ0) is 29.0. The number of carbonyl (C=O) groups is 2. The Bertz CT molecular complexity index is 914. The number of hydrogen-bond donors (Lipinski definition) is 4. The van der Waals surface area contributed by atoms with Gasteiger partial charge in [0.2, 0.25) is 5.91 Å². The minimum absolute atomic E-state index is 0.0756. The summed E-state index contributed by atoms with van der Waals surface area (Å²) in [5.41, 5.74) is 6.70. The van der Waals surface area contributed by atoms with E-state index in [1.165, 1.54) is 19.3 Å². The van der Waals surface area contributed by atoms with Gasteiger partial charge in [0.05, 0.1) is 23.7 Å². The highest BCUT2D eigenvalue weighted by Crippen LogP contribution is 2.52. The van der Waals surface area contributed by atoms with Gasteiger partial charge < -0.3 is 30.9 Å². The van der Waals surface area contributed by atoms with Gasteiger partial charge in [0.15, 0.2) is 0 Å². The average molecular weight is 560 g/mol. The van der Waals surface area contributed by atoms with Crippen molar-refractivity contribution in [3.05, 3.63) is 29.8 Å². The molecule has 0 bridgehead atoms. The minimum atomic E-state index is -0.836. The molecule has 0 saturated heterocycles. The third kappa shape index (κ3) is 8.92. The van der Waals surface area contributed by atoms with Crippen molar-refractivity contribution < 1.29 is 24.2 Å². The number of unbranched alkanes of at least 4 members (excludes halogenated alkanes) is 1. The molecular weight excluding hydrogens is 506 g/mol. The molecule has 0 spiro atoms. The summed E-state index contributed by atoms with van der Waals surface area (Å²) in [6, 6.07) is 6.77. The zero-order valence-corrected chi connectivity index (χ0v) is 25.0. The first-order valence-electron chi connectivity index (χ1n) is 15.5. The molecule has 3 rings (SSSR count). The van der Waals surface area contributed by atoms with Crippen LogP contribution in [0.5, 0.6) is 5.75 Å². The molecule has 3 atom stereocenters. The maximum absolute atomic E-state index is 13.2. The number of amides is 2. The third-order valence-electron chi connectivity index (χ3n) is 9.23. The number of methoxy groups -OCH3 is 1. The zero-order valence-electron chi connectivity index (χ0n) is 25.0. The standard InChI is InChI=1S/C32H53N3O5/c1-23(2)24(21-34-30(37)26-14-7-8-15-29(26)40-19-10-9-18-39-3)20-27(33)28(36)22-35-31(38)32(16-11-17-32)25-12-5-4-6-13-25/h7-8,14-15,23-25,27-28,36H,4-6,9-13,16-22,33H2,1-3H3,(H,34,37)(H,35,38). The Kier molecular flexibility index (Phi) is 13.2. The molecular formula is C32H53N3O5. The fraction of sp³-hybridized carbons (Fsp3) is 0.750. The molecule has 40 heavy (non-hydrogen) atoms. The van der Waals surface area contributed by atoms with Crippen LogP contribution in [-0.4, -0.2) is 62.5 Å². The van der Waals surface area contributed by atoms with E-state index in [1.807, 2.05) is 18.2 Å². The van der Waals surface area contributed by atoms with Crippen LogP contribution in [0.25, 0.3) is 0 Å². The Labute approximate surface area is 241 Å². The van der Waals surface area contributed by atoms with E-state index in [4.69, 9.17) is 15.2 Å². The van der Waals surface area contributed by atoms with Crippen LogP contribution in [0.3, 0.4) is 0 Å². The number of nitrogens with one attached hydrogen (secondary N) is 2. The van der Waals surface area contributed by atoms with E-state index in [2.05, 4.69) is 24.5 Å². The normalized spacial score (nSPS) is 19.4. The Balaban J connectivity index is 1.47. The van der Waals surface area contributed by atoms with Crippen LogP contribution >= 0.6 is 0 Å². The van der Waals surface area contributed by atoms with Gasteiger partial charge in [-0.15, -0.1) is 0 Å². The lowest BCUT2D eigenvalue weighted by Crippen LogP contribution is -2.54. The molecule has 0 aromatic heterocycles. The SMILES string of the molecule is COCCCCOc1ccccc1C(=O)NCC(CC(N)C(O)CNC(=O)C1(C2CCCCC2)CCC1)C(C)C. The Morgan fingerprint density at radius 1 is 1.02 bits per heavy atom. The van der Waals surface area contributed by atoms with Crippen molar-refractivity contribution in [3.63, 3.8) is 0 Å². The predicted octanol–water partition coefficient (Wildman–Crippen LogP) is 4.44. The van der Waals surface area contributed by atoms with Crippen LogP contribution in [0, 0.1) is 23.2 Å². The predicted molar refractivity (Wildman–Crippen MR) is 158 cm³/mol. The summed E-state index contributed by atoms with van der Waals surface area (Å²) < 4.78 is 10.9. The van der Waals surface area contributed by atoms with E-state index in [-0.39, 0.29) is 35.6 Å². The summed E-state index contributed by atoms with van der Waals surface area (Å²) in [5, 5.41) is 16.9. The van der Waals surface area contributed by atoms with Gasteiger partial charge in [-0.3, -0.25) is 9.59 Å². The van der Waals surface area contributed by atoms with E-state index in [9.17, 15) is 14.7 Å². The second kappa shape index (κ2) is 16.3. The quantitative estimate of drug-likeness (QED) is 0.209. The summed E-state index contributed by atoms with van der Waals surface area (Å²) in [7, 11) is 1.68. The molecule has 8 heteroatoms. The molecule has 1 aromatic rings. The maximum Gasteiger partial charge on any atom is 0.255 e. The topological polar surface area (TPSA) is 123 Å². The second-order valence-electron chi connectivity index (χ2n) is 12.3. The molecule has 0 radical (unpaired) electrons. The Hall–Kier alpha value is -2.16. The summed E-state index contributed by atoms with van der Waals surface area (Å²) >= 11 is 0. The summed E-state index contributed by atoms with van der Waals surface area (Å²) in [6.07, 6.45) is 10.5. The smallest absolute Gasteiger partial charge is 0.255 e. The van der Waals surface area contributed by atoms with Crippen molar-refractivity contribution in [3.8, 4) is 5.75 Å². The Morgan fingerprint density at radius 3 is 2.38 bits per heavy atom. The van der Waals surface area contributed by atoms with E-state index in [0.717, 1.165) is 44.9 Å². The van der Waals surface area contributed by atoms with Gasteiger partial charge in [0.25, 0.3) is 5.91 Å². The molecule has 2 fully saturated rings. The number of hydrogen-bond acceptors (Lipinski definition) is 6. The summed E-state index contributed by atoms with van der Waals surface area (Å²) in [6.45, 7) is 6.01. The number of aliphatic hydroxyl groups excluding tert-OH is 1. The number of aliphatic hydroxyl groups is 1. The van der Waals surface area contributed by atoms with E-state index in [1.54, 1.807) is 13.2 Å². The fourth-order valence-corrected chi connectivity index (χ4v) is 6.29. The van der Waals surface area contributed by atoms with Crippen molar-refractivity contribution in [2.45, 2.75) is 96.6 Å². The van der Waals surface area contributed by atoms with Crippen molar-refractivity contribution in [2.75, 3.05) is 33.4 Å². The number of carbonyl (C=O) groups excluding carboxylic acids is 2. The lowest BCUT2D eigenvalue weighted by Gasteiger charge is -2.48. The summed E-state index contributed by atoms with van der Waals surface area (Å²) in [5.74, 6) is 1.29. The van der Waals surface area contributed by atoms with Crippen molar-refractivity contribution in [2.24, 2.45) is 28.9 Å². The first-order valence-corrected chi connectivity index (χ1v) is 15.5. The van der Waals surface area contributed by atoms with Crippen LogP contribution in [0.15, 0.2) is 24.3 Å². The average Bonchev–Trinajstić information content (AvgIpc) is 2.93. The van der Waals surface area contributed by atoms with E-state index >= 15 is 0 Å². The molecule has 8 nitrogen and oxygen atoms in total. The molecule has 1 aromatic carbocycles. The van der Waals surface area contributed by atoms with Crippen LogP contribution in [-0.2, 0) is 9.53 Å². The van der Waals surface area contributed by atoms with Crippen LogP contribution < -0.4 is 21.1 Å². The molecule has 0 heterocycles. The molecule has 3 unspecified atom stereocenters. The van der Waals surface area contributed by atoms with Gasteiger partial charge in [-0.05, 0) is 74.8 Å². The van der Waals surface area contributed by atoms with Crippen LogP contribution in [0.2, 0.25) is 0 Å². The van der Waals surface area contributed by atoms with Crippen molar-refractivity contribution in [1.29, 1.82) is 0 Å². The van der Waals surface area contributed by atoms with Crippen molar-refractivity contribution >= 4 is 11.8 Å². The Morgan fingerprint density at radius 2 is 1.73 bits per heavy atom. The highest BCUT2D eigenvalue weighted by atomic mass is 16.5. The first kappa shape index (κ1) is 32.4. The van der Waals surface area contributed by atoms with Gasteiger partial charge in [-0.1, -0.05) is 51.7 Å². The van der Waals surface area contributed by atoms with Gasteiger partial charge in [0.1, 0.15) is 5.75 Å². The largest absolute Gasteiger partial charge is 0.493 e. The van der Waals surface area contributed by atoms with Gasteiger partial charge >= 0.3 is 0 Å². The summed E-state index contributed by atoms with van der Waals surface area (Å²) in [4.78, 5) is 26.3. The van der Waals surface area contributed by atoms with Gasteiger partial charge in [0, 0.05) is 32.8 Å². The number of benzene rings is 1. The molecule has 2 saturated carbocycles. The highest BCUT2D eigenvalue weighted by Gasteiger charge is 2.49. The highest BCUT2D eigenvalue weighted by molar-refractivity contribution is 5.96. The number of rotatable bonds is 17. The third-order valence-corrected chi connectivity index (χ3v) is 9.23. The number of para-hydroxylation sites is 1. The molecule has 2 amide bonds. The fourth-order valence-electron chi connectivity index (χ4n) is 6.29. The number of ether oxygens (including phenoxy) is 2.